The largest absolute Gasteiger partial charge is 0.452 e. The van der Waals surface area contributed by atoms with Gasteiger partial charge in [0.2, 0.25) is 0 Å². The van der Waals surface area contributed by atoms with Crippen LogP contribution in [0.2, 0.25) is 0 Å². The average Bonchev–Trinajstić information content (AvgIpc) is 2.73. The second-order valence-corrected chi connectivity index (χ2v) is 6.49. The van der Waals surface area contributed by atoms with Crippen molar-refractivity contribution >= 4 is 28.9 Å². The van der Waals surface area contributed by atoms with Crippen LogP contribution < -0.4 is 10.2 Å². The smallest absolute Gasteiger partial charge is 0.345 e. The highest BCUT2D eigenvalue weighted by Gasteiger charge is 2.21. The number of ether oxygens (including phenoxy) is 1. The maximum atomic E-state index is 12.0. The highest BCUT2D eigenvalue weighted by atomic mass is 16.6. The van der Waals surface area contributed by atoms with Gasteiger partial charge in [-0.05, 0) is 49.6 Å². The van der Waals surface area contributed by atoms with Crippen molar-refractivity contribution < 1.29 is 19.2 Å². The van der Waals surface area contributed by atoms with Gasteiger partial charge in [0.25, 0.3) is 11.6 Å². The predicted octanol–water partition coefficient (Wildman–Crippen LogP) is 3.38. The molecule has 8 nitrogen and oxygen atoms in total. The SMILES string of the molecule is O=C(COC(=O)c1ccccc1[N+](=O)[O-])Nc1ccc(N2CCCCC2)cc1. The zero-order chi connectivity index (χ0) is 19.9. The minimum Gasteiger partial charge on any atom is -0.452 e. The number of benzene rings is 2. The Balaban J connectivity index is 1.53. The van der Waals surface area contributed by atoms with E-state index in [9.17, 15) is 19.7 Å². The summed E-state index contributed by atoms with van der Waals surface area (Å²) in [5, 5.41) is 13.6. The van der Waals surface area contributed by atoms with Crippen molar-refractivity contribution in [3.63, 3.8) is 0 Å². The summed E-state index contributed by atoms with van der Waals surface area (Å²) in [6.45, 7) is 1.54. The van der Waals surface area contributed by atoms with E-state index in [0.717, 1.165) is 18.8 Å². The molecule has 1 heterocycles. The standard InChI is InChI=1S/C20H21N3O5/c24-19(14-28-20(25)17-6-2-3-7-18(17)23(26)27)21-15-8-10-16(11-9-15)22-12-4-1-5-13-22/h2-3,6-11H,1,4-5,12-14H2,(H,21,24). The average molecular weight is 383 g/mol. The Bertz CT molecular complexity index is 860. The monoisotopic (exact) mass is 383 g/mol. The predicted molar refractivity (Wildman–Crippen MR) is 105 cm³/mol. The number of nitro benzene ring substituents is 1. The molecule has 1 aliphatic rings. The molecule has 0 aromatic heterocycles. The van der Waals surface area contributed by atoms with Gasteiger partial charge in [-0.1, -0.05) is 12.1 Å². The van der Waals surface area contributed by atoms with Crippen LogP contribution in [0, 0.1) is 10.1 Å². The van der Waals surface area contributed by atoms with Crippen LogP contribution in [-0.2, 0) is 9.53 Å². The molecule has 1 fully saturated rings. The summed E-state index contributed by atoms with van der Waals surface area (Å²) in [5.41, 5.74) is 1.15. The van der Waals surface area contributed by atoms with Crippen molar-refractivity contribution in [3.8, 4) is 0 Å². The van der Waals surface area contributed by atoms with Crippen molar-refractivity contribution in [3.05, 3.63) is 64.2 Å². The van der Waals surface area contributed by atoms with Crippen LogP contribution in [-0.4, -0.2) is 36.5 Å². The lowest BCUT2D eigenvalue weighted by Gasteiger charge is -2.28. The Morgan fingerprint density at radius 3 is 2.39 bits per heavy atom. The van der Waals surface area contributed by atoms with Crippen molar-refractivity contribution in [1.29, 1.82) is 0 Å². The molecule has 0 radical (unpaired) electrons. The summed E-state index contributed by atoms with van der Waals surface area (Å²) < 4.78 is 4.91. The first-order chi connectivity index (χ1) is 13.5. The summed E-state index contributed by atoms with van der Waals surface area (Å²) in [6, 6.07) is 12.9. The molecule has 1 N–H and O–H groups in total. The van der Waals surface area contributed by atoms with E-state index in [0.29, 0.717) is 5.69 Å². The van der Waals surface area contributed by atoms with Crippen LogP contribution >= 0.6 is 0 Å². The van der Waals surface area contributed by atoms with E-state index in [1.807, 2.05) is 12.1 Å². The minimum atomic E-state index is -0.914. The number of piperidine rings is 1. The number of para-hydroxylation sites is 1. The summed E-state index contributed by atoms with van der Waals surface area (Å²) >= 11 is 0. The van der Waals surface area contributed by atoms with Crippen molar-refractivity contribution in [2.75, 3.05) is 29.9 Å². The molecule has 2 aromatic carbocycles. The number of nitro groups is 1. The molecular formula is C20H21N3O5. The minimum absolute atomic E-state index is 0.189. The molecular weight excluding hydrogens is 362 g/mol. The number of hydrogen-bond donors (Lipinski definition) is 1. The van der Waals surface area contributed by atoms with Crippen LogP contribution in [0.4, 0.5) is 17.1 Å². The summed E-state index contributed by atoms with van der Waals surface area (Å²) in [7, 11) is 0. The fourth-order valence-corrected chi connectivity index (χ4v) is 3.12. The number of nitrogens with zero attached hydrogens (tertiary/aromatic N) is 2. The van der Waals surface area contributed by atoms with Gasteiger partial charge in [0.05, 0.1) is 4.92 Å². The molecule has 1 saturated heterocycles. The van der Waals surface area contributed by atoms with Gasteiger partial charge >= 0.3 is 5.97 Å². The Morgan fingerprint density at radius 1 is 1.04 bits per heavy atom. The molecule has 146 valence electrons. The van der Waals surface area contributed by atoms with Crippen LogP contribution in [0.25, 0.3) is 0 Å². The third kappa shape index (κ3) is 4.85. The lowest BCUT2D eigenvalue weighted by Crippen LogP contribution is -2.29. The van der Waals surface area contributed by atoms with Gasteiger partial charge in [-0.2, -0.15) is 0 Å². The van der Waals surface area contributed by atoms with E-state index in [1.165, 1.54) is 43.5 Å². The molecule has 0 saturated carbocycles. The molecule has 0 atom stereocenters. The van der Waals surface area contributed by atoms with Gasteiger partial charge in [-0.25, -0.2) is 4.79 Å². The molecule has 1 amide bonds. The van der Waals surface area contributed by atoms with Gasteiger partial charge in [-0.15, -0.1) is 0 Å². The van der Waals surface area contributed by atoms with E-state index in [2.05, 4.69) is 10.2 Å². The lowest BCUT2D eigenvalue weighted by atomic mass is 10.1. The fraction of sp³-hybridized carbons (Fsp3) is 0.300. The summed E-state index contributed by atoms with van der Waals surface area (Å²) in [6.07, 6.45) is 3.63. The zero-order valence-corrected chi connectivity index (χ0v) is 15.3. The molecule has 3 rings (SSSR count). The zero-order valence-electron chi connectivity index (χ0n) is 15.3. The number of rotatable bonds is 6. The summed E-state index contributed by atoms with van der Waals surface area (Å²) in [4.78, 5) is 36.7. The maximum absolute atomic E-state index is 12.0. The molecule has 2 aromatic rings. The first kappa shape index (κ1) is 19.3. The molecule has 0 unspecified atom stereocenters. The number of carbonyl (C=O) groups excluding carboxylic acids is 2. The van der Waals surface area contributed by atoms with E-state index in [1.54, 1.807) is 12.1 Å². The second-order valence-electron chi connectivity index (χ2n) is 6.49. The molecule has 1 aliphatic heterocycles. The Morgan fingerprint density at radius 2 is 1.71 bits per heavy atom. The van der Waals surface area contributed by atoms with Crippen molar-refractivity contribution in [1.82, 2.24) is 0 Å². The van der Waals surface area contributed by atoms with Gasteiger partial charge in [0.1, 0.15) is 5.56 Å². The van der Waals surface area contributed by atoms with Gasteiger partial charge in [0, 0.05) is 30.5 Å². The van der Waals surface area contributed by atoms with Crippen molar-refractivity contribution in [2.45, 2.75) is 19.3 Å². The molecule has 8 heteroatoms. The van der Waals surface area contributed by atoms with E-state index in [4.69, 9.17) is 4.74 Å². The van der Waals surface area contributed by atoms with Crippen LogP contribution in [0.3, 0.4) is 0 Å². The number of anilines is 2. The Hall–Kier alpha value is -3.42. The second kappa shape index (κ2) is 8.98. The van der Waals surface area contributed by atoms with E-state index < -0.39 is 23.4 Å². The highest BCUT2D eigenvalue weighted by molar-refractivity contribution is 5.97. The van der Waals surface area contributed by atoms with Gasteiger partial charge < -0.3 is 15.0 Å². The van der Waals surface area contributed by atoms with Gasteiger partial charge in [0.15, 0.2) is 6.61 Å². The normalized spacial score (nSPS) is 13.6. The summed E-state index contributed by atoms with van der Waals surface area (Å²) in [5.74, 6) is -1.43. The van der Waals surface area contributed by atoms with E-state index >= 15 is 0 Å². The third-order valence-electron chi connectivity index (χ3n) is 4.53. The Kier molecular flexibility index (Phi) is 6.21. The van der Waals surface area contributed by atoms with Crippen LogP contribution in [0.1, 0.15) is 29.6 Å². The number of carbonyl (C=O) groups is 2. The highest BCUT2D eigenvalue weighted by Crippen LogP contribution is 2.22. The molecule has 28 heavy (non-hydrogen) atoms. The van der Waals surface area contributed by atoms with Crippen LogP contribution in [0.5, 0.6) is 0 Å². The number of esters is 1. The number of hydrogen-bond acceptors (Lipinski definition) is 6. The molecule has 0 aliphatic carbocycles. The van der Waals surface area contributed by atoms with E-state index in [-0.39, 0.29) is 11.3 Å². The topological polar surface area (TPSA) is 102 Å². The Labute approximate surface area is 162 Å². The van der Waals surface area contributed by atoms with Crippen LogP contribution in [0.15, 0.2) is 48.5 Å². The first-order valence-corrected chi connectivity index (χ1v) is 9.10. The first-order valence-electron chi connectivity index (χ1n) is 9.10. The molecule has 0 spiro atoms. The van der Waals surface area contributed by atoms with Crippen molar-refractivity contribution in [2.24, 2.45) is 0 Å². The van der Waals surface area contributed by atoms with Gasteiger partial charge in [-0.3, -0.25) is 14.9 Å². The number of amides is 1. The maximum Gasteiger partial charge on any atom is 0.345 e. The lowest BCUT2D eigenvalue weighted by molar-refractivity contribution is -0.385. The molecule has 0 bridgehead atoms. The quantitative estimate of drug-likeness (QED) is 0.466. The number of nitrogens with one attached hydrogen (secondary N) is 1. The fourth-order valence-electron chi connectivity index (χ4n) is 3.12. The third-order valence-corrected chi connectivity index (χ3v) is 4.53.